The summed E-state index contributed by atoms with van der Waals surface area (Å²) in [5.74, 6) is -0.264. The first-order valence-corrected chi connectivity index (χ1v) is 7.05. The fraction of sp³-hybridized carbons (Fsp3) is 0.267. The number of carbonyl (C=O) groups excluding carboxylic acids is 1. The summed E-state index contributed by atoms with van der Waals surface area (Å²) in [4.78, 5) is 10.8. The van der Waals surface area contributed by atoms with Gasteiger partial charge in [-0.15, -0.1) is 11.8 Å². The van der Waals surface area contributed by atoms with Crippen molar-refractivity contribution in [3.63, 3.8) is 0 Å². The van der Waals surface area contributed by atoms with Crippen LogP contribution in [0.2, 0.25) is 0 Å². The van der Waals surface area contributed by atoms with E-state index in [1.54, 1.807) is 0 Å². The van der Waals surface area contributed by atoms with Crippen molar-refractivity contribution >= 4 is 28.5 Å². The summed E-state index contributed by atoms with van der Waals surface area (Å²) in [6.07, 6.45) is 0.598. The predicted molar refractivity (Wildman–Crippen MR) is 74.3 cm³/mol. The number of aliphatic carboxylic acids is 1. The monoisotopic (exact) mass is 282 g/mol. The van der Waals surface area contributed by atoms with E-state index in [9.17, 15) is 9.90 Å². The van der Waals surface area contributed by atoms with Crippen molar-refractivity contribution < 1.29 is 39.5 Å². The molecule has 4 heteroatoms. The Bertz CT molecular complexity index is 557. The average Bonchev–Trinajstić information content (AvgIpc) is 2.39. The van der Waals surface area contributed by atoms with Crippen molar-refractivity contribution in [3.05, 3.63) is 48.0 Å². The van der Waals surface area contributed by atoms with Crippen LogP contribution in [0.3, 0.4) is 0 Å². The molecule has 1 atom stereocenters. The van der Waals surface area contributed by atoms with Crippen molar-refractivity contribution in [1.29, 1.82) is 0 Å². The Morgan fingerprint density at radius 1 is 1.21 bits per heavy atom. The van der Waals surface area contributed by atoms with Gasteiger partial charge in [-0.05, 0) is 22.8 Å². The Kier molecular flexibility index (Phi) is 6.94. The minimum Gasteiger partial charge on any atom is -0.549 e. The second-order valence-electron chi connectivity index (χ2n) is 4.21. The van der Waals surface area contributed by atoms with Gasteiger partial charge in [-0.2, -0.15) is 0 Å². The van der Waals surface area contributed by atoms with E-state index in [1.807, 2.05) is 19.1 Å². The van der Waals surface area contributed by atoms with E-state index >= 15 is 0 Å². The molecule has 0 fully saturated rings. The van der Waals surface area contributed by atoms with Crippen LogP contribution in [-0.2, 0) is 10.5 Å². The first-order valence-electron chi connectivity index (χ1n) is 6.01. The topological polar surface area (TPSA) is 40.1 Å². The average molecular weight is 282 g/mol. The van der Waals surface area contributed by atoms with Crippen LogP contribution in [0.5, 0.6) is 0 Å². The molecule has 2 nitrogen and oxygen atoms in total. The van der Waals surface area contributed by atoms with Gasteiger partial charge in [0.15, 0.2) is 0 Å². The Hall–Kier alpha value is -0.480. The summed E-state index contributed by atoms with van der Waals surface area (Å²) in [7, 11) is 0. The van der Waals surface area contributed by atoms with E-state index in [1.165, 1.54) is 22.5 Å². The summed E-state index contributed by atoms with van der Waals surface area (Å²) in [6.45, 7) is 1.87. The summed E-state index contributed by atoms with van der Waals surface area (Å²) < 4.78 is 0. The van der Waals surface area contributed by atoms with Crippen LogP contribution in [0.15, 0.2) is 42.5 Å². The molecule has 0 bridgehead atoms. The molecule has 0 saturated heterocycles. The van der Waals surface area contributed by atoms with Gasteiger partial charge in [0, 0.05) is 11.0 Å². The number of hydrogen-bond acceptors (Lipinski definition) is 3. The maximum Gasteiger partial charge on any atom is 1.00 e. The number of thioether (sulfide) groups is 1. The molecule has 0 aliphatic rings. The van der Waals surface area contributed by atoms with E-state index < -0.39 is 11.2 Å². The molecule has 0 heterocycles. The maximum absolute atomic E-state index is 10.8. The molecular weight excluding hydrogens is 267 g/mol. The molecule has 1 unspecified atom stereocenters. The van der Waals surface area contributed by atoms with Gasteiger partial charge >= 0.3 is 29.6 Å². The van der Waals surface area contributed by atoms with Gasteiger partial charge in [0.25, 0.3) is 0 Å². The van der Waals surface area contributed by atoms with Crippen LogP contribution in [0.25, 0.3) is 10.8 Å². The van der Waals surface area contributed by atoms with E-state index in [0.29, 0.717) is 12.2 Å². The van der Waals surface area contributed by atoms with Crippen molar-refractivity contribution in [2.24, 2.45) is 0 Å². The van der Waals surface area contributed by atoms with Gasteiger partial charge in [-0.1, -0.05) is 49.4 Å². The van der Waals surface area contributed by atoms with E-state index in [2.05, 4.69) is 30.3 Å². The number of carboxylic acid groups (broad SMARTS) is 1. The van der Waals surface area contributed by atoms with Crippen molar-refractivity contribution in [2.45, 2.75) is 24.3 Å². The number of benzene rings is 2. The van der Waals surface area contributed by atoms with Gasteiger partial charge in [-0.25, -0.2) is 0 Å². The van der Waals surface area contributed by atoms with E-state index in [-0.39, 0.29) is 29.6 Å². The van der Waals surface area contributed by atoms with Gasteiger partial charge < -0.3 is 9.90 Å². The van der Waals surface area contributed by atoms with Gasteiger partial charge in [0.2, 0.25) is 0 Å². The SMILES string of the molecule is CCC(SCc1ccc2ccccc2c1)C(=O)[O-].[Na+]. The molecule has 0 aromatic heterocycles. The second-order valence-corrected chi connectivity index (χ2v) is 5.40. The van der Waals surface area contributed by atoms with Crippen LogP contribution in [-0.4, -0.2) is 11.2 Å². The van der Waals surface area contributed by atoms with Crippen LogP contribution in [0, 0.1) is 0 Å². The minimum atomic E-state index is -0.969. The molecule has 0 radical (unpaired) electrons. The zero-order valence-corrected chi connectivity index (χ0v) is 14.1. The third-order valence-electron chi connectivity index (χ3n) is 2.90. The summed E-state index contributed by atoms with van der Waals surface area (Å²) in [6, 6.07) is 14.4. The van der Waals surface area contributed by atoms with Gasteiger partial charge in [0.1, 0.15) is 0 Å². The Morgan fingerprint density at radius 3 is 2.53 bits per heavy atom. The fourth-order valence-corrected chi connectivity index (χ4v) is 2.82. The number of carbonyl (C=O) groups is 1. The molecule has 2 aromatic carbocycles. The molecule has 0 amide bonds. The molecule has 0 aliphatic heterocycles. The van der Waals surface area contributed by atoms with Crippen molar-refractivity contribution in [3.8, 4) is 0 Å². The fourth-order valence-electron chi connectivity index (χ4n) is 1.88. The predicted octanol–water partition coefficient (Wildman–Crippen LogP) is -0.395. The number of carboxylic acids is 1. The van der Waals surface area contributed by atoms with Crippen molar-refractivity contribution in [2.75, 3.05) is 0 Å². The number of fused-ring (bicyclic) bond motifs is 1. The van der Waals surface area contributed by atoms with Crippen LogP contribution in [0.1, 0.15) is 18.9 Å². The molecular formula is C15H15NaO2S. The maximum atomic E-state index is 10.8. The van der Waals surface area contributed by atoms with E-state index in [4.69, 9.17) is 0 Å². The minimum absolute atomic E-state index is 0. The molecule has 0 saturated carbocycles. The van der Waals surface area contributed by atoms with Crippen molar-refractivity contribution in [1.82, 2.24) is 0 Å². The third-order valence-corrected chi connectivity index (χ3v) is 4.33. The Morgan fingerprint density at radius 2 is 1.89 bits per heavy atom. The normalized spacial score (nSPS) is 11.8. The zero-order valence-electron chi connectivity index (χ0n) is 11.3. The molecule has 2 aromatic rings. The quantitative estimate of drug-likeness (QED) is 0.701. The van der Waals surface area contributed by atoms with Crippen LogP contribution in [0.4, 0.5) is 0 Å². The Balaban J connectivity index is 0.00000180. The van der Waals surface area contributed by atoms with Crippen LogP contribution < -0.4 is 34.7 Å². The molecule has 0 aliphatic carbocycles. The largest absolute Gasteiger partial charge is 1.00 e. The van der Waals surface area contributed by atoms with Gasteiger partial charge in [-0.3, -0.25) is 0 Å². The third kappa shape index (κ3) is 4.53. The summed E-state index contributed by atoms with van der Waals surface area (Å²) in [5, 5.41) is 12.8. The standard InChI is InChI=1S/C15H16O2S.Na/c1-2-14(15(16)17)18-10-11-7-8-12-5-3-4-6-13(12)9-11;/h3-9,14H,2,10H2,1H3,(H,16,17);/q;+1/p-1. The molecule has 94 valence electrons. The Labute approximate surface area is 139 Å². The zero-order chi connectivity index (χ0) is 13.0. The van der Waals surface area contributed by atoms with Gasteiger partial charge in [0.05, 0.1) is 5.97 Å². The molecule has 2 rings (SSSR count). The summed E-state index contributed by atoms with van der Waals surface area (Å²) in [5.41, 5.74) is 1.15. The number of hydrogen-bond donors (Lipinski definition) is 0. The smallest absolute Gasteiger partial charge is 0.549 e. The summed E-state index contributed by atoms with van der Waals surface area (Å²) >= 11 is 1.43. The molecule has 0 N–H and O–H groups in total. The molecule has 19 heavy (non-hydrogen) atoms. The second kappa shape index (κ2) is 7.95. The first-order chi connectivity index (χ1) is 8.70. The first kappa shape index (κ1) is 16.6. The van der Waals surface area contributed by atoms with Crippen LogP contribution >= 0.6 is 11.8 Å². The number of rotatable bonds is 5. The molecule has 0 spiro atoms. The van der Waals surface area contributed by atoms with E-state index in [0.717, 1.165) is 5.56 Å².